The van der Waals surface area contributed by atoms with Crippen molar-refractivity contribution in [3.05, 3.63) is 60.7 Å². The van der Waals surface area contributed by atoms with Gasteiger partial charge in [0.25, 0.3) is 6.47 Å². The van der Waals surface area contributed by atoms with Crippen LogP contribution in [0.15, 0.2) is 60.7 Å². The molecule has 20 heteroatoms. The van der Waals surface area contributed by atoms with Gasteiger partial charge in [-0.15, -0.1) is 0 Å². The van der Waals surface area contributed by atoms with E-state index in [0.717, 1.165) is 12.1 Å². The van der Waals surface area contributed by atoms with Crippen LogP contribution in [-0.2, 0) is 44.4 Å². The normalized spacial score (nSPS) is 16.1. The molecular weight excluding hydrogens is 755 g/mol. The Bertz CT molecular complexity index is 1350. The van der Waals surface area contributed by atoms with Gasteiger partial charge >= 0.3 is 135 Å². The third-order valence-electron chi connectivity index (χ3n) is 5.34. The zero-order chi connectivity index (χ0) is 32.3. The third kappa shape index (κ3) is 17.8. The zero-order valence-electron chi connectivity index (χ0n) is 26.3. The van der Waals surface area contributed by atoms with Gasteiger partial charge in [-0.3, -0.25) is 23.0 Å². The Morgan fingerprint density at radius 2 is 1.42 bits per heavy atom. The molecule has 0 atom stereocenters. The van der Waals surface area contributed by atoms with Gasteiger partial charge < -0.3 is 21.4 Å². The van der Waals surface area contributed by atoms with Gasteiger partial charge in [0, 0.05) is 26.2 Å². The molecule has 0 unspecified atom stereocenters. The Morgan fingerprint density at radius 1 is 0.956 bits per heavy atom. The number of esters is 1. The molecule has 2 saturated heterocycles. The minimum atomic E-state index is -3.66. The molecular formula is C25H35BrK2N4O11S2. The van der Waals surface area contributed by atoms with E-state index in [4.69, 9.17) is 19.9 Å². The second-order valence-corrected chi connectivity index (χ2v) is 12.4. The van der Waals surface area contributed by atoms with E-state index in [1.54, 1.807) is 43.3 Å². The average Bonchev–Trinajstić information content (AvgIpc) is 2.99. The van der Waals surface area contributed by atoms with Gasteiger partial charge in [-0.2, -0.15) is 25.9 Å². The Kier molecular flexibility index (Phi) is 27.1. The summed E-state index contributed by atoms with van der Waals surface area (Å²) in [5.74, 6) is -1.35. The minimum Gasteiger partial charge on any atom is -1.00 e. The summed E-state index contributed by atoms with van der Waals surface area (Å²) in [5, 5.41) is 16.1. The summed E-state index contributed by atoms with van der Waals surface area (Å²) in [6.07, 6.45) is 1.52. The minimum absolute atomic E-state index is 0. The largest absolute Gasteiger partial charge is 1.00 e. The van der Waals surface area contributed by atoms with Crippen LogP contribution in [0.5, 0.6) is 0 Å². The first-order valence-electron chi connectivity index (χ1n) is 12.7. The van der Waals surface area contributed by atoms with Crippen molar-refractivity contribution in [3.8, 4) is 0 Å². The number of nitrogens with one attached hydrogen (secondary N) is 1. The maximum absolute atomic E-state index is 12.5. The van der Waals surface area contributed by atoms with Crippen LogP contribution in [0.1, 0.15) is 21.2 Å². The standard InChI is InChI=1S/C13H18N2O4S.C9H12N2O2S.C2H3BrO2.CH2O3.2K.H/c1-2-19-13(16)11-14-9-6-10-15(20(14,17)18)12-7-4-3-5-8-12;12-14(13)10-7-4-8-11(14)9-5-2-1-3-6-9;3-1-2(4)5;2-1-4-3;;;/h3-5,7-8H,2,6,9-11H2,1H3;1-3,5-6,10H,4,7-8H2;1H2,(H,4,5);1,3H;;;/q;;;;2*+1;-1/p-1. The molecule has 2 aliphatic heterocycles. The third-order valence-corrected chi connectivity index (χ3v) is 9.28. The van der Waals surface area contributed by atoms with Gasteiger partial charge in [-0.1, -0.05) is 52.3 Å². The van der Waals surface area contributed by atoms with Crippen LogP contribution >= 0.6 is 15.9 Å². The van der Waals surface area contributed by atoms with Crippen LogP contribution in [0, 0.1) is 0 Å². The van der Waals surface area contributed by atoms with Crippen LogP contribution in [-0.4, -0.2) is 89.3 Å². The summed E-state index contributed by atoms with van der Waals surface area (Å²) in [6.45, 7) is 3.37. The van der Waals surface area contributed by atoms with Crippen molar-refractivity contribution in [2.24, 2.45) is 0 Å². The van der Waals surface area contributed by atoms with Gasteiger partial charge in [0.15, 0.2) is 0 Å². The molecule has 15 nitrogen and oxygen atoms in total. The molecule has 2 aromatic rings. The maximum atomic E-state index is 12.5. The van der Waals surface area contributed by atoms with E-state index >= 15 is 0 Å². The van der Waals surface area contributed by atoms with E-state index in [9.17, 15) is 26.4 Å². The fourth-order valence-electron chi connectivity index (χ4n) is 3.61. The Hall–Kier alpha value is -0.0173. The fraction of sp³-hybridized carbons (Fsp3) is 0.400. The number of para-hydroxylation sites is 2. The number of anilines is 2. The number of hydrogen-bond acceptors (Lipinski definition) is 10. The van der Waals surface area contributed by atoms with Crippen LogP contribution in [0.3, 0.4) is 0 Å². The number of nitrogens with zero attached hydrogens (tertiary/aromatic N) is 3. The van der Waals surface area contributed by atoms with E-state index < -0.39 is 32.4 Å². The summed E-state index contributed by atoms with van der Waals surface area (Å²) in [5.41, 5.74) is 1.33. The van der Waals surface area contributed by atoms with Crippen LogP contribution in [0.4, 0.5) is 11.4 Å². The van der Waals surface area contributed by atoms with E-state index in [1.165, 1.54) is 12.9 Å². The number of carbonyl (C=O) groups excluding carboxylic acids is 2. The molecule has 2 fully saturated rings. The summed E-state index contributed by atoms with van der Waals surface area (Å²) in [6, 6.07) is 18.0. The van der Waals surface area contributed by atoms with E-state index in [-0.39, 0.29) is 129 Å². The molecule has 0 aliphatic carbocycles. The number of carboxylic acids is 1. The number of hydrogen-bond donors (Lipinski definition) is 2. The number of benzene rings is 2. The molecule has 45 heavy (non-hydrogen) atoms. The number of ether oxygens (including phenoxy) is 1. The molecule has 2 heterocycles. The second-order valence-electron chi connectivity index (χ2n) is 8.29. The molecule has 2 aliphatic rings. The van der Waals surface area contributed by atoms with Crippen molar-refractivity contribution < 1.29 is 155 Å². The predicted molar refractivity (Wildman–Crippen MR) is 161 cm³/mol. The van der Waals surface area contributed by atoms with Gasteiger partial charge in [0.1, 0.15) is 11.9 Å². The Morgan fingerprint density at radius 3 is 1.84 bits per heavy atom. The smallest absolute Gasteiger partial charge is 1.00 e. The summed E-state index contributed by atoms with van der Waals surface area (Å²) in [7, 11) is -6.96. The van der Waals surface area contributed by atoms with Crippen molar-refractivity contribution >= 4 is 66.1 Å². The molecule has 0 radical (unpaired) electrons. The molecule has 0 spiro atoms. The molecule has 2 N–H and O–H groups in total. The fourth-order valence-corrected chi connectivity index (χ4v) is 6.59. The topological polar surface area (TPSA) is 203 Å². The monoisotopic (exact) mass is 788 g/mol. The number of rotatable bonds is 7. The van der Waals surface area contributed by atoms with Crippen molar-refractivity contribution in [3.63, 3.8) is 0 Å². The van der Waals surface area contributed by atoms with Gasteiger partial charge in [-0.05, 0) is 44.0 Å². The van der Waals surface area contributed by atoms with Crippen molar-refractivity contribution in [1.29, 1.82) is 0 Å². The van der Waals surface area contributed by atoms with E-state index in [0.29, 0.717) is 38.3 Å². The average molecular weight is 790 g/mol. The van der Waals surface area contributed by atoms with Crippen LogP contribution in [0.2, 0.25) is 0 Å². The molecule has 0 aromatic heterocycles. The SMILES string of the molecule is CCOC(=O)CN1CCCN(c2ccccc2)S1(=O)=O.O=C(O)CBr.O=CO[O-].O=S1(=O)NCCCN1c1ccccc1.[H-].[K+].[K+]. The summed E-state index contributed by atoms with van der Waals surface area (Å²) >= 11 is 2.71. The Labute approximate surface area is 358 Å². The van der Waals surface area contributed by atoms with Crippen molar-refractivity contribution in [1.82, 2.24) is 9.03 Å². The summed E-state index contributed by atoms with van der Waals surface area (Å²) < 4.78 is 59.4. The molecule has 0 amide bonds. The van der Waals surface area contributed by atoms with Gasteiger partial charge in [0.05, 0.1) is 18.0 Å². The zero-order valence-corrected chi connectivity index (χ0v) is 34.7. The first-order chi connectivity index (χ1) is 20.4. The number of aliphatic carboxylic acids is 1. The van der Waals surface area contributed by atoms with Crippen molar-refractivity contribution in [2.45, 2.75) is 19.8 Å². The quantitative estimate of drug-likeness (QED) is 0.0678. The van der Waals surface area contributed by atoms with Crippen LogP contribution < -0.4 is 121 Å². The number of halogens is 1. The molecule has 0 saturated carbocycles. The van der Waals surface area contributed by atoms with E-state index in [2.05, 4.69) is 25.5 Å². The Balaban J connectivity index is -0.000000622. The van der Waals surface area contributed by atoms with Gasteiger partial charge in [-0.25, -0.2) is 0 Å². The van der Waals surface area contributed by atoms with Gasteiger partial charge in [0.2, 0.25) is 0 Å². The van der Waals surface area contributed by atoms with E-state index in [1.807, 2.05) is 24.3 Å². The molecule has 0 bridgehead atoms. The maximum Gasteiger partial charge on any atom is 1.00 e. The number of carbonyl (C=O) groups is 3. The molecule has 2 aromatic carbocycles. The number of carboxylic acid groups (broad SMARTS) is 1. The van der Waals surface area contributed by atoms with Crippen molar-refractivity contribution in [2.75, 3.05) is 53.3 Å². The molecule has 4 rings (SSSR count). The number of alkyl halides is 1. The summed E-state index contributed by atoms with van der Waals surface area (Å²) in [4.78, 5) is 32.1. The first kappa shape index (κ1) is 47.1. The second kappa shape index (κ2) is 25.9. The first-order valence-corrected chi connectivity index (χ1v) is 16.7. The molecule has 242 valence electrons. The van der Waals surface area contributed by atoms with Crippen LogP contribution in [0.25, 0.3) is 0 Å². The predicted octanol–water partition coefficient (Wildman–Crippen LogP) is -5.24.